The zero-order valence-electron chi connectivity index (χ0n) is 12.5. The van der Waals surface area contributed by atoms with Crippen molar-refractivity contribution in [2.24, 2.45) is 11.1 Å². The van der Waals surface area contributed by atoms with E-state index in [1.54, 1.807) is 0 Å². The number of piperidine rings is 1. The molecule has 1 atom stereocenters. The molecule has 0 radical (unpaired) electrons. The molecule has 1 aliphatic heterocycles. The number of halogens is 2. The number of benzene rings is 1. The maximum absolute atomic E-state index is 13.6. The highest BCUT2D eigenvalue weighted by molar-refractivity contribution is 7.89. The van der Waals surface area contributed by atoms with E-state index in [2.05, 4.69) is 0 Å². The molecule has 7 heteroatoms. The van der Waals surface area contributed by atoms with E-state index < -0.39 is 15.8 Å². The summed E-state index contributed by atoms with van der Waals surface area (Å²) < 4.78 is 40.3. The zero-order valence-corrected chi connectivity index (χ0v) is 14.1. The third-order valence-corrected chi connectivity index (χ3v) is 6.10. The SMILES string of the molecule is Cc1c(F)cccc1S(=O)(=O)N1CCC(N)C(C)(C)C1.Cl. The molecule has 0 spiro atoms. The Labute approximate surface area is 132 Å². The molecule has 0 saturated carbocycles. The van der Waals surface area contributed by atoms with Gasteiger partial charge >= 0.3 is 0 Å². The van der Waals surface area contributed by atoms with Crippen LogP contribution >= 0.6 is 12.4 Å². The molecule has 0 aromatic heterocycles. The van der Waals surface area contributed by atoms with E-state index in [1.807, 2.05) is 13.8 Å². The van der Waals surface area contributed by atoms with Gasteiger partial charge in [-0.1, -0.05) is 19.9 Å². The Morgan fingerprint density at radius 1 is 1.38 bits per heavy atom. The van der Waals surface area contributed by atoms with Gasteiger partial charge in [-0.05, 0) is 30.9 Å². The summed E-state index contributed by atoms with van der Waals surface area (Å²) >= 11 is 0. The normalized spacial score (nSPS) is 22.6. The van der Waals surface area contributed by atoms with Gasteiger partial charge in [-0.3, -0.25) is 0 Å². The van der Waals surface area contributed by atoms with Gasteiger partial charge in [0, 0.05) is 24.7 Å². The van der Waals surface area contributed by atoms with Crippen LogP contribution in [0.4, 0.5) is 4.39 Å². The van der Waals surface area contributed by atoms with Crippen molar-refractivity contribution in [1.29, 1.82) is 0 Å². The maximum atomic E-state index is 13.6. The molecule has 0 aliphatic carbocycles. The zero-order chi connectivity index (χ0) is 15.1. The molecule has 21 heavy (non-hydrogen) atoms. The molecule has 0 bridgehead atoms. The predicted molar refractivity (Wildman–Crippen MR) is 83.5 cm³/mol. The fourth-order valence-electron chi connectivity index (χ4n) is 2.54. The first-order valence-electron chi connectivity index (χ1n) is 6.67. The summed E-state index contributed by atoms with van der Waals surface area (Å²) in [7, 11) is -3.67. The molecular formula is C14H22ClFN2O2S. The summed E-state index contributed by atoms with van der Waals surface area (Å²) in [5, 5.41) is 0. The monoisotopic (exact) mass is 336 g/mol. The van der Waals surface area contributed by atoms with Gasteiger partial charge in [-0.25, -0.2) is 12.8 Å². The van der Waals surface area contributed by atoms with Crippen LogP contribution in [-0.2, 0) is 10.0 Å². The lowest BCUT2D eigenvalue weighted by Crippen LogP contribution is -2.53. The minimum atomic E-state index is -3.67. The number of rotatable bonds is 2. The molecule has 1 heterocycles. The standard InChI is InChI=1S/C14H21FN2O2S.ClH/c1-10-11(15)5-4-6-12(10)20(18,19)17-8-7-13(16)14(2,3)9-17;/h4-6,13H,7-9,16H2,1-3H3;1H. The van der Waals surface area contributed by atoms with Gasteiger partial charge in [-0.15, -0.1) is 12.4 Å². The van der Waals surface area contributed by atoms with Crippen LogP contribution in [0.1, 0.15) is 25.8 Å². The second kappa shape index (κ2) is 6.20. The smallest absolute Gasteiger partial charge is 0.243 e. The molecule has 120 valence electrons. The van der Waals surface area contributed by atoms with E-state index in [0.717, 1.165) is 0 Å². The van der Waals surface area contributed by atoms with Crippen LogP contribution in [0.2, 0.25) is 0 Å². The van der Waals surface area contributed by atoms with Gasteiger partial charge in [-0.2, -0.15) is 4.31 Å². The summed E-state index contributed by atoms with van der Waals surface area (Å²) in [4.78, 5) is 0.0452. The molecule has 2 rings (SSSR count). The summed E-state index contributed by atoms with van der Waals surface area (Å²) in [6.07, 6.45) is 0.612. The highest BCUT2D eigenvalue weighted by Gasteiger charge is 2.39. The molecule has 1 aliphatic rings. The summed E-state index contributed by atoms with van der Waals surface area (Å²) in [5.41, 5.74) is 5.91. The fraction of sp³-hybridized carbons (Fsp3) is 0.571. The first kappa shape index (κ1) is 18.4. The van der Waals surface area contributed by atoms with Gasteiger partial charge in [0.2, 0.25) is 10.0 Å². The first-order chi connectivity index (χ1) is 9.16. The van der Waals surface area contributed by atoms with E-state index >= 15 is 0 Å². The molecule has 0 amide bonds. The van der Waals surface area contributed by atoms with Crippen molar-refractivity contribution in [2.45, 2.75) is 38.1 Å². The van der Waals surface area contributed by atoms with Crippen molar-refractivity contribution in [1.82, 2.24) is 4.31 Å². The van der Waals surface area contributed by atoms with E-state index in [4.69, 9.17) is 5.73 Å². The van der Waals surface area contributed by atoms with Crippen molar-refractivity contribution in [3.05, 3.63) is 29.6 Å². The Balaban J connectivity index is 0.00000220. The average molecular weight is 337 g/mol. The van der Waals surface area contributed by atoms with Crippen LogP contribution in [0.5, 0.6) is 0 Å². The molecule has 1 fully saturated rings. The molecular weight excluding hydrogens is 315 g/mol. The van der Waals surface area contributed by atoms with E-state index in [1.165, 1.54) is 29.4 Å². The number of hydrogen-bond acceptors (Lipinski definition) is 3. The summed E-state index contributed by atoms with van der Waals surface area (Å²) in [5.74, 6) is -0.501. The van der Waals surface area contributed by atoms with E-state index in [-0.39, 0.29) is 34.3 Å². The Morgan fingerprint density at radius 3 is 2.57 bits per heavy atom. The van der Waals surface area contributed by atoms with E-state index in [9.17, 15) is 12.8 Å². The molecule has 1 aromatic carbocycles. The molecule has 1 aromatic rings. The van der Waals surface area contributed by atoms with Crippen LogP contribution in [0.25, 0.3) is 0 Å². The lowest BCUT2D eigenvalue weighted by atomic mass is 9.81. The molecule has 1 saturated heterocycles. The van der Waals surface area contributed by atoms with Crippen molar-refractivity contribution in [3.63, 3.8) is 0 Å². The van der Waals surface area contributed by atoms with Gasteiger partial charge < -0.3 is 5.73 Å². The van der Waals surface area contributed by atoms with Crippen molar-refractivity contribution >= 4 is 22.4 Å². The molecule has 4 nitrogen and oxygen atoms in total. The van der Waals surface area contributed by atoms with Crippen LogP contribution in [0, 0.1) is 18.2 Å². The highest BCUT2D eigenvalue weighted by atomic mass is 35.5. The van der Waals surface area contributed by atoms with Gasteiger partial charge in [0.1, 0.15) is 5.82 Å². The summed E-state index contributed by atoms with van der Waals surface area (Å²) in [6.45, 7) is 6.13. The van der Waals surface area contributed by atoms with E-state index in [0.29, 0.717) is 19.5 Å². The minimum Gasteiger partial charge on any atom is -0.327 e. The quantitative estimate of drug-likeness (QED) is 0.901. The van der Waals surface area contributed by atoms with Gasteiger partial charge in [0.25, 0.3) is 0 Å². The van der Waals surface area contributed by atoms with Crippen LogP contribution in [0.3, 0.4) is 0 Å². The third-order valence-electron chi connectivity index (χ3n) is 4.11. The largest absolute Gasteiger partial charge is 0.327 e. The maximum Gasteiger partial charge on any atom is 0.243 e. The number of nitrogens with two attached hydrogens (primary N) is 1. The molecule has 1 unspecified atom stereocenters. The summed E-state index contributed by atoms with van der Waals surface area (Å²) in [6, 6.07) is 4.12. The Hall–Kier alpha value is -0.690. The first-order valence-corrected chi connectivity index (χ1v) is 8.11. The van der Waals surface area contributed by atoms with Crippen molar-refractivity contribution < 1.29 is 12.8 Å². The van der Waals surface area contributed by atoms with Crippen LogP contribution < -0.4 is 5.73 Å². The lowest BCUT2D eigenvalue weighted by Gasteiger charge is -2.41. The molecule has 2 N–H and O–H groups in total. The topological polar surface area (TPSA) is 63.4 Å². The fourth-order valence-corrected chi connectivity index (χ4v) is 4.40. The third kappa shape index (κ3) is 3.39. The highest BCUT2D eigenvalue weighted by Crippen LogP contribution is 2.32. The predicted octanol–water partition coefficient (Wildman–Crippen LogP) is 2.30. The Bertz CT molecular complexity index is 619. The number of nitrogens with zero attached hydrogens (tertiary/aromatic N) is 1. The average Bonchev–Trinajstić information content (AvgIpc) is 2.35. The Kier molecular flexibility index (Phi) is 5.42. The van der Waals surface area contributed by atoms with Crippen molar-refractivity contribution in [2.75, 3.05) is 13.1 Å². The van der Waals surface area contributed by atoms with Crippen LogP contribution in [-0.4, -0.2) is 31.9 Å². The Morgan fingerprint density at radius 2 is 2.00 bits per heavy atom. The number of sulfonamides is 1. The van der Waals surface area contributed by atoms with Gasteiger partial charge in [0.15, 0.2) is 0 Å². The lowest BCUT2D eigenvalue weighted by molar-refractivity contribution is 0.155. The second-order valence-electron chi connectivity index (χ2n) is 6.09. The minimum absolute atomic E-state index is 0. The second-order valence-corrected chi connectivity index (χ2v) is 7.99. The van der Waals surface area contributed by atoms with Crippen molar-refractivity contribution in [3.8, 4) is 0 Å². The van der Waals surface area contributed by atoms with Gasteiger partial charge in [0.05, 0.1) is 4.90 Å². The number of hydrogen-bond donors (Lipinski definition) is 1. The van der Waals surface area contributed by atoms with Crippen LogP contribution in [0.15, 0.2) is 23.1 Å².